The Morgan fingerprint density at radius 3 is 2.68 bits per heavy atom. The fourth-order valence-corrected chi connectivity index (χ4v) is 3.59. The van der Waals surface area contributed by atoms with Gasteiger partial charge in [0.25, 0.3) is 0 Å². The van der Waals surface area contributed by atoms with Gasteiger partial charge in [0.1, 0.15) is 5.82 Å². The summed E-state index contributed by atoms with van der Waals surface area (Å²) in [5, 5.41) is 0. The molecule has 0 aromatic heterocycles. The molecule has 104 valence electrons. The van der Waals surface area contributed by atoms with Gasteiger partial charge in [0.2, 0.25) is 0 Å². The molecule has 3 heterocycles. The smallest absolute Gasteiger partial charge is 0.137 e. The van der Waals surface area contributed by atoms with Crippen LogP contribution in [0.5, 0.6) is 0 Å². The monoisotopic (exact) mass is 327 g/mol. The molecule has 3 nitrogen and oxygen atoms in total. The Morgan fingerprint density at radius 1 is 1.32 bits per heavy atom. The number of halogens is 2. The van der Waals surface area contributed by atoms with Crippen LogP contribution in [0.25, 0.3) is 0 Å². The third kappa shape index (κ3) is 2.70. The Hall–Kier alpha value is -0.490. The Kier molecular flexibility index (Phi) is 3.89. The van der Waals surface area contributed by atoms with Gasteiger partial charge in [-0.25, -0.2) is 4.39 Å². The second kappa shape index (κ2) is 5.48. The van der Waals surface area contributed by atoms with Crippen LogP contribution in [0.1, 0.15) is 5.56 Å². The molecule has 0 radical (unpaired) electrons. The molecular weight excluding hydrogens is 309 g/mol. The van der Waals surface area contributed by atoms with E-state index in [1.54, 1.807) is 6.07 Å². The van der Waals surface area contributed by atoms with E-state index in [0.29, 0.717) is 16.9 Å². The number of piperazine rings is 3. The maximum atomic E-state index is 13.5. The number of hydrogen-bond acceptors (Lipinski definition) is 3. The summed E-state index contributed by atoms with van der Waals surface area (Å²) in [5.41, 5.74) is 7.34. The highest BCUT2D eigenvalue weighted by molar-refractivity contribution is 9.10. The van der Waals surface area contributed by atoms with Crippen LogP contribution in [0.3, 0.4) is 0 Å². The van der Waals surface area contributed by atoms with E-state index < -0.39 is 0 Å². The molecule has 4 rings (SSSR count). The molecule has 5 heteroatoms. The van der Waals surface area contributed by atoms with Crippen LogP contribution >= 0.6 is 15.9 Å². The fraction of sp³-hybridized carbons (Fsp3) is 0.571. The molecular formula is C14H19BrFN3. The maximum absolute atomic E-state index is 13.5. The van der Waals surface area contributed by atoms with Gasteiger partial charge in [-0.05, 0) is 34.0 Å². The average molecular weight is 328 g/mol. The number of fused-ring (bicyclic) bond motifs is 3. The molecule has 2 bridgehead atoms. The highest BCUT2D eigenvalue weighted by atomic mass is 79.9. The van der Waals surface area contributed by atoms with E-state index in [2.05, 4.69) is 25.7 Å². The molecule has 0 spiro atoms. The quantitative estimate of drug-likeness (QED) is 0.912. The van der Waals surface area contributed by atoms with Gasteiger partial charge in [-0.2, -0.15) is 0 Å². The van der Waals surface area contributed by atoms with Crippen LogP contribution in [0, 0.1) is 5.82 Å². The zero-order valence-corrected chi connectivity index (χ0v) is 12.4. The lowest BCUT2D eigenvalue weighted by Crippen LogP contribution is -2.66. The number of rotatable bonds is 3. The van der Waals surface area contributed by atoms with Crippen LogP contribution < -0.4 is 5.73 Å². The van der Waals surface area contributed by atoms with E-state index in [0.717, 1.165) is 38.3 Å². The van der Waals surface area contributed by atoms with Gasteiger partial charge in [-0.3, -0.25) is 9.80 Å². The zero-order valence-electron chi connectivity index (χ0n) is 10.9. The number of hydrogen-bond donors (Lipinski definition) is 1. The summed E-state index contributed by atoms with van der Waals surface area (Å²) in [6.45, 7) is 5.60. The summed E-state index contributed by atoms with van der Waals surface area (Å²) in [6.07, 6.45) is 0.716. The molecule has 2 atom stereocenters. The van der Waals surface area contributed by atoms with Crippen molar-refractivity contribution < 1.29 is 4.39 Å². The summed E-state index contributed by atoms with van der Waals surface area (Å²) >= 11 is 3.32. The molecule has 1 aromatic carbocycles. The lowest BCUT2D eigenvalue weighted by molar-refractivity contribution is 0.00256. The Bertz CT molecular complexity index is 460. The van der Waals surface area contributed by atoms with Crippen LogP contribution in [-0.2, 0) is 6.42 Å². The minimum absolute atomic E-state index is 0.0567. The molecule has 0 saturated carbocycles. The summed E-state index contributed by atoms with van der Waals surface area (Å²) in [6, 6.07) is 5.62. The molecule has 3 aliphatic rings. The van der Waals surface area contributed by atoms with Gasteiger partial charge < -0.3 is 5.73 Å². The van der Waals surface area contributed by atoms with Crippen molar-refractivity contribution in [3.63, 3.8) is 0 Å². The SMILES string of the molecule is NC(Cc1cccc(F)c1Br)C1CN2CCN1CC2. The zero-order chi connectivity index (χ0) is 13.4. The van der Waals surface area contributed by atoms with E-state index in [1.165, 1.54) is 6.07 Å². The molecule has 1 aromatic rings. The molecule has 2 N–H and O–H groups in total. The van der Waals surface area contributed by atoms with Crippen molar-refractivity contribution in [2.24, 2.45) is 5.73 Å². The summed E-state index contributed by atoms with van der Waals surface area (Å²) in [4.78, 5) is 4.96. The summed E-state index contributed by atoms with van der Waals surface area (Å²) < 4.78 is 14.1. The average Bonchev–Trinajstić information content (AvgIpc) is 2.45. The van der Waals surface area contributed by atoms with E-state index in [9.17, 15) is 4.39 Å². The molecule has 0 amide bonds. The molecule has 3 fully saturated rings. The Morgan fingerprint density at radius 2 is 2.05 bits per heavy atom. The molecule has 2 unspecified atom stereocenters. The van der Waals surface area contributed by atoms with E-state index >= 15 is 0 Å². The third-order valence-corrected chi connectivity index (χ3v) is 5.19. The highest BCUT2D eigenvalue weighted by Gasteiger charge is 2.35. The Labute approximate surface area is 121 Å². The lowest BCUT2D eigenvalue weighted by atomic mass is 9.95. The number of benzene rings is 1. The fourth-order valence-electron chi connectivity index (χ4n) is 3.16. The van der Waals surface area contributed by atoms with Crippen molar-refractivity contribution in [3.05, 3.63) is 34.1 Å². The summed E-state index contributed by atoms with van der Waals surface area (Å²) in [5.74, 6) is -0.209. The first-order valence-electron chi connectivity index (χ1n) is 6.80. The second-order valence-corrected chi connectivity index (χ2v) is 6.28. The highest BCUT2D eigenvalue weighted by Crippen LogP contribution is 2.24. The number of nitrogens with zero attached hydrogens (tertiary/aromatic N) is 2. The first kappa shape index (κ1) is 13.5. The van der Waals surface area contributed by atoms with Gasteiger partial charge in [-0.1, -0.05) is 12.1 Å². The second-order valence-electron chi connectivity index (χ2n) is 5.48. The van der Waals surface area contributed by atoms with Crippen molar-refractivity contribution >= 4 is 15.9 Å². The maximum Gasteiger partial charge on any atom is 0.137 e. The minimum Gasteiger partial charge on any atom is -0.326 e. The van der Waals surface area contributed by atoms with Gasteiger partial charge in [0.15, 0.2) is 0 Å². The predicted octanol–water partition coefficient (Wildman–Crippen LogP) is 1.46. The van der Waals surface area contributed by atoms with Crippen molar-refractivity contribution in [3.8, 4) is 0 Å². The molecule has 3 aliphatic heterocycles. The van der Waals surface area contributed by atoms with Gasteiger partial charge in [-0.15, -0.1) is 0 Å². The van der Waals surface area contributed by atoms with E-state index in [-0.39, 0.29) is 11.9 Å². The Balaban J connectivity index is 1.71. The standard InChI is InChI=1S/C14H19BrFN3/c15-14-10(2-1-3-11(14)16)8-12(17)13-9-18-4-6-19(13)7-5-18/h1-3,12-13H,4-9,17H2. The lowest BCUT2D eigenvalue weighted by Gasteiger charge is -2.49. The van der Waals surface area contributed by atoms with Gasteiger partial charge in [0, 0.05) is 44.8 Å². The largest absolute Gasteiger partial charge is 0.326 e. The number of nitrogens with two attached hydrogens (primary N) is 1. The van der Waals surface area contributed by atoms with Crippen LogP contribution in [-0.4, -0.2) is 54.6 Å². The van der Waals surface area contributed by atoms with Gasteiger partial charge >= 0.3 is 0 Å². The molecule has 3 saturated heterocycles. The van der Waals surface area contributed by atoms with E-state index in [1.807, 2.05) is 6.07 Å². The van der Waals surface area contributed by atoms with Crippen LogP contribution in [0.2, 0.25) is 0 Å². The van der Waals surface area contributed by atoms with Crippen molar-refractivity contribution in [2.45, 2.75) is 18.5 Å². The summed E-state index contributed by atoms with van der Waals surface area (Å²) in [7, 11) is 0. The van der Waals surface area contributed by atoms with Crippen molar-refractivity contribution in [1.82, 2.24) is 9.80 Å². The van der Waals surface area contributed by atoms with Crippen molar-refractivity contribution in [1.29, 1.82) is 0 Å². The molecule has 0 aliphatic carbocycles. The minimum atomic E-state index is -0.209. The van der Waals surface area contributed by atoms with Crippen LogP contribution in [0.15, 0.2) is 22.7 Å². The normalized spacial score (nSPS) is 31.4. The topological polar surface area (TPSA) is 32.5 Å². The van der Waals surface area contributed by atoms with E-state index in [4.69, 9.17) is 5.73 Å². The molecule has 19 heavy (non-hydrogen) atoms. The van der Waals surface area contributed by atoms with Crippen LogP contribution in [0.4, 0.5) is 4.39 Å². The van der Waals surface area contributed by atoms with Gasteiger partial charge in [0.05, 0.1) is 4.47 Å². The predicted molar refractivity (Wildman–Crippen MR) is 77.6 cm³/mol. The first-order chi connectivity index (χ1) is 9.15. The first-order valence-corrected chi connectivity index (χ1v) is 7.59. The third-order valence-electron chi connectivity index (χ3n) is 4.30. The van der Waals surface area contributed by atoms with Crippen molar-refractivity contribution in [2.75, 3.05) is 32.7 Å².